The standard InChI is InChI=1S/2C7H9NO.2Co.14H2O.28O.10V/c2*9-6-4-7-3-1-2-5-8-7;;;;;;;;;;;;;;;;;;;;;;;;;;;;;;;;;;;;;;;;;;;;;;;;;;;;;;/h2*1-3,5,9H,4,6H2;;;14*1H2;;;;;;;;;;;;;;;;;;;;;;;;;;;;;;;;;;;;;;/q;;2*+3;;;;;;;;;;;;;;;28*-2;;;;;;;;;2*+4/p+12. The van der Waals surface area contributed by atoms with Gasteiger partial charge in [0.05, 0.1) is 26.1 Å². The Hall–Kier alpha value is 3.40. The van der Waals surface area contributed by atoms with Crippen LogP contribution in [0.15, 0.2) is 48.8 Å². The molecule has 0 aliphatic rings. The van der Waals surface area contributed by atoms with Crippen LogP contribution < -0.4 is 9.97 Å². The molecule has 0 saturated carbocycles. The molecule has 0 aliphatic heterocycles. The zero-order valence-electron chi connectivity index (χ0n) is 34.7. The minimum absolute atomic E-state index is 0. The summed E-state index contributed by atoms with van der Waals surface area (Å²) < 4.78 is 0. The van der Waals surface area contributed by atoms with Gasteiger partial charge in [0.15, 0.2) is 23.8 Å². The van der Waals surface area contributed by atoms with E-state index in [0.717, 1.165) is 11.4 Å². The summed E-state index contributed by atoms with van der Waals surface area (Å²) in [5, 5.41) is 17.0. The quantitative estimate of drug-likeness (QED) is 0.282. The van der Waals surface area contributed by atoms with E-state index in [2.05, 4.69) is 9.97 Å². The molecule has 0 aliphatic carbocycles. The van der Waals surface area contributed by atoms with E-state index in [0.29, 0.717) is 12.8 Å². The van der Waals surface area contributed by atoms with E-state index >= 15 is 0 Å². The van der Waals surface area contributed by atoms with E-state index in [1.54, 1.807) is 0 Å². The van der Waals surface area contributed by atoms with Crippen LogP contribution >= 0.6 is 0 Å². The van der Waals surface area contributed by atoms with Crippen LogP contribution in [0.2, 0.25) is 0 Å². The molecule has 2 aromatic rings. The second-order valence-electron chi connectivity index (χ2n) is 3.72. The Labute approximate surface area is 550 Å². The van der Waals surface area contributed by atoms with Crippen LogP contribution in [0.5, 0.6) is 0 Å². The molecule has 72 heavy (non-hydrogen) atoms. The van der Waals surface area contributed by atoms with Crippen LogP contribution in [0.3, 0.4) is 0 Å². The number of aliphatic hydroxyl groups is 2. The first-order valence-corrected chi connectivity index (χ1v) is 5.99. The molecule has 2 rings (SSSR count). The van der Waals surface area contributed by atoms with Gasteiger partial charge in [-0.05, 0) is 0 Å². The summed E-state index contributed by atoms with van der Waals surface area (Å²) in [6, 6.07) is 11.6. The average molecular weight is 1590 g/mol. The molecule has 2 aromatic heterocycles. The van der Waals surface area contributed by atoms with Gasteiger partial charge in [-0.2, -0.15) is 0 Å². The second-order valence-corrected chi connectivity index (χ2v) is 3.72. The van der Waals surface area contributed by atoms with E-state index in [4.69, 9.17) is 10.2 Å². The monoisotopic (exact) mass is 1590 g/mol. The number of nitrogens with one attached hydrogen (secondary N) is 2. The van der Waals surface area contributed by atoms with Crippen molar-refractivity contribution >= 4 is 0 Å². The number of pyridine rings is 2. The molecule has 486 valence electrons. The Balaban J connectivity index is -0.000000000989. The number of aliphatic hydroxyl groups excluding tert-OH is 2. The van der Waals surface area contributed by atoms with Crippen molar-refractivity contribution in [2.75, 3.05) is 13.2 Å². The van der Waals surface area contributed by atoms with Crippen LogP contribution in [0, 0.1) is 0 Å². The predicted octanol–water partition coefficient (Wildman–Crippen LogP) is -15.8. The molecule has 0 bridgehead atoms. The van der Waals surface area contributed by atoms with Crippen molar-refractivity contribution in [3.8, 4) is 0 Å². The van der Waals surface area contributed by atoms with E-state index in [9.17, 15) is 0 Å². The minimum Gasteiger partial charge on any atom is -2.00 e. The molecule has 0 unspecified atom stereocenters. The zero-order valence-corrected chi connectivity index (χ0v) is 50.7. The van der Waals surface area contributed by atoms with Gasteiger partial charge in [-0.15, -0.1) is 0 Å². The van der Waals surface area contributed by atoms with Gasteiger partial charge in [-0.1, -0.05) is 12.1 Å². The van der Waals surface area contributed by atoms with Gasteiger partial charge in [0.25, 0.3) is 0 Å². The minimum atomic E-state index is 0. The summed E-state index contributed by atoms with van der Waals surface area (Å²) in [5.74, 6) is 0. The molecule has 58 heteroatoms. The van der Waals surface area contributed by atoms with Crippen molar-refractivity contribution in [2.24, 2.45) is 0 Å². The first kappa shape index (κ1) is 911. The van der Waals surface area contributed by atoms with Crippen molar-refractivity contribution < 1.29 is 469 Å². The molecular formula is C14H58Co2N2O44V10-30. The Morgan fingerprint density at radius 2 is 0.375 bits per heavy atom. The van der Waals surface area contributed by atoms with Crippen LogP contribution in [0.25, 0.3) is 0 Å². The molecule has 0 aromatic carbocycles. The third-order valence-electron chi connectivity index (χ3n) is 2.31. The number of aromatic amines is 2. The summed E-state index contributed by atoms with van der Waals surface area (Å²) in [6.07, 6.45) is 5.12. The zero-order chi connectivity index (χ0) is 13.1. The van der Waals surface area contributed by atoms with Crippen molar-refractivity contribution in [3.63, 3.8) is 0 Å². The Bertz CT molecular complexity index is 461. The molecule has 0 amide bonds. The largest absolute Gasteiger partial charge is 4.00 e. The number of hydrogen-bond acceptors (Lipinski definition) is 2. The molecule has 0 fully saturated rings. The number of rotatable bonds is 4. The fourth-order valence-corrected chi connectivity index (χ4v) is 1.41. The smallest absolute Gasteiger partial charge is 2.00 e. The molecular weight excluding hydrogens is 1530 g/mol. The molecule has 0 spiro atoms. The summed E-state index contributed by atoms with van der Waals surface area (Å²) >= 11 is 0. The van der Waals surface area contributed by atoms with Crippen LogP contribution in [0.4, 0.5) is 0 Å². The van der Waals surface area contributed by atoms with Crippen LogP contribution in [-0.2, 0) is 440 Å². The maximum absolute atomic E-state index is 8.50. The van der Waals surface area contributed by atoms with Gasteiger partial charge in [0.1, 0.15) is 0 Å². The summed E-state index contributed by atoms with van der Waals surface area (Å²) in [5.41, 5.74) is 2.14. The maximum Gasteiger partial charge on any atom is 4.00 e. The van der Waals surface area contributed by atoms with Gasteiger partial charge < -0.3 is 240 Å². The van der Waals surface area contributed by atoms with Gasteiger partial charge in [0, 0.05) is 173 Å². The summed E-state index contributed by atoms with van der Waals surface area (Å²) in [6.45, 7) is 0.418. The van der Waals surface area contributed by atoms with Crippen molar-refractivity contribution in [3.05, 3.63) is 60.2 Å². The van der Waals surface area contributed by atoms with E-state index in [1.165, 1.54) is 0 Å². The topological polar surface area (TPSA) is 1320 Å². The first-order valence-electron chi connectivity index (χ1n) is 5.99. The molecule has 0 atom stereocenters. The van der Waals surface area contributed by atoms with Crippen molar-refractivity contribution in [2.45, 2.75) is 12.8 Å². The number of H-pyrrole nitrogens is 2. The second kappa shape index (κ2) is 732. The van der Waals surface area contributed by atoms with Crippen molar-refractivity contribution in [1.29, 1.82) is 0 Å². The molecule has 46 nitrogen and oxygen atoms in total. The fourth-order valence-electron chi connectivity index (χ4n) is 1.41. The van der Waals surface area contributed by atoms with E-state index in [1.807, 2.05) is 48.8 Å². The van der Waals surface area contributed by atoms with Crippen molar-refractivity contribution in [1.82, 2.24) is 0 Å². The fraction of sp³-hybridized carbons (Fsp3) is 0.286. The van der Waals surface area contributed by atoms with Gasteiger partial charge >= 0.3 is 70.7 Å². The van der Waals surface area contributed by atoms with Gasteiger partial charge in [-0.25, -0.2) is 9.97 Å². The van der Waals surface area contributed by atoms with Crippen LogP contribution in [0.1, 0.15) is 11.4 Å². The first-order chi connectivity index (χ1) is 8.86. The van der Waals surface area contributed by atoms with Gasteiger partial charge in [-0.3, -0.25) is 0 Å². The van der Waals surface area contributed by atoms with Gasteiger partial charge in [0.2, 0.25) is 0 Å². The Morgan fingerprint density at radius 3 is 0.444 bits per heavy atom. The SMILES string of the molecule is O.O.O.O.OCCc1cccc[nH+]1.OCCc1cccc[nH+]1.[Co+3].[Co+3].[O-2].[O-2].[O-2].[O-2].[O-2].[O-2].[O-2].[O-2].[O-2].[O-2].[O-2].[O-2].[O-2].[O-2].[O-2].[O-2].[O-2].[O-2].[O-2].[O-2].[O-2].[O-2].[O-2].[O-2].[O-2].[O-2].[O-2].[O-2].[OH3+].[OH3+].[OH3+].[OH3+].[OH3+].[OH3+].[OH3+].[OH3+].[OH3+].[OH3+].[V+4].[V+4].[V].[V].[V].[V].[V].[V].[V].[V]. The maximum atomic E-state index is 8.50. The van der Waals surface area contributed by atoms with Crippen LogP contribution in [-0.4, -0.2) is 45.3 Å². The normalized spacial score (nSPS) is 2.36. The third-order valence-corrected chi connectivity index (χ3v) is 2.31. The third kappa shape index (κ3) is 596. The Kier molecular flexibility index (Phi) is 9270. The van der Waals surface area contributed by atoms with E-state index in [-0.39, 0.29) is 462 Å². The molecule has 10 radical (unpaired) electrons. The summed E-state index contributed by atoms with van der Waals surface area (Å²) in [4.78, 5) is 6.02. The molecule has 0 saturated heterocycles. The predicted molar refractivity (Wildman–Crippen MR) is 150 cm³/mol. The summed E-state index contributed by atoms with van der Waals surface area (Å²) in [7, 11) is 0. The number of aromatic nitrogens is 2. The Morgan fingerprint density at radius 1 is 0.264 bits per heavy atom. The number of hydrogen-bond donors (Lipinski definition) is 2. The van der Waals surface area contributed by atoms with E-state index < -0.39 is 0 Å². The average Bonchev–Trinajstić information content (AvgIpc) is 2.43. The molecule has 42 N–H and O–H groups in total. The molecule has 2 heterocycles.